The van der Waals surface area contributed by atoms with E-state index in [4.69, 9.17) is 52.7 Å². The number of carbonyl (C=O) groups excluding carboxylic acids is 5. The molecule has 21 nitrogen and oxygen atoms in total. The topological polar surface area (TPSA) is 249 Å². The largest absolute Gasteiger partial charge is 0.496 e. The number of aliphatic carboxylic acids is 1. The summed E-state index contributed by atoms with van der Waals surface area (Å²) >= 11 is 13.0. The Morgan fingerprint density at radius 3 is 1.97 bits per heavy atom. The number of fused-ring (bicyclic) bond motifs is 3. The zero-order chi connectivity index (χ0) is 56.8. The van der Waals surface area contributed by atoms with Crippen LogP contribution in [0.25, 0.3) is 28.1 Å². The molecule has 0 unspecified atom stereocenters. The van der Waals surface area contributed by atoms with Crippen LogP contribution in [0.5, 0.6) is 11.5 Å². The Labute approximate surface area is 466 Å². The first-order valence-electron chi connectivity index (χ1n) is 26.0. The Bertz CT molecular complexity index is 2630. The maximum Gasteiger partial charge on any atom is 0.317 e. The summed E-state index contributed by atoms with van der Waals surface area (Å²) in [7, 11) is 3.58. The molecule has 0 aliphatic carbocycles. The smallest absolute Gasteiger partial charge is 0.317 e. The molecule has 78 heavy (non-hydrogen) atoms. The molecule has 0 atom stereocenters. The van der Waals surface area contributed by atoms with Gasteiger partial charge in [-0.1, -0.05) is 48.2 Å². The molecule has 4 aromatic rings. The summed E-state index contributed by atoms with van der Waals surface area (Å²) in [6, 6.07) is 16.4. The third kappa shape index (κ3) is 17.8. The van der Waals surface area contributed by atoms with Crippen molar-refractivity contribution >= 4 is 65.2 Å². The average Bonchev–Trinajstić information content (AvgIpc) is 3.95. The molecule has 7 rings (SSSR count). The zero-order valence-corrected chi connectivity index (χ0v) is 46.8. The number of anilines is 1. The summed E-state index contributed by atoms with van der Waals surface area (Å²) in [5.41, 5.74) is 4.29. The molecule has 3 amide bonds. The van der Waals surface area contributed by atoms with Crippen molar-refractivity contribution in [3.63, 3.8) is 0 Å². The fraction of sp³-hybridized carbons (Fsp3) is 0.509. The van der Waals surface area contributed by atoms with E-state index in [0.717, 1.165) is 57.2 Å². The number of aldehydes is 2. The first-order valence-corrected chi connectivity index (χ1v) is 26.8. The number of benzene rings is 3. The highest BCUT2D eigenvalue weighted by Gasteiger charge is 2.39. The summed E-state index contributed by atoms with van der Waals surface area (Å²) in [6.07, 6.45) is 4.98. The van der Waals surface area contributed by atoms with E-state index in [-0.39, 0.29) is 56.2 Å². The van der Waals surface area contributed by atoms with Crippen LogP contribution >= 0.6 is 23.2 Å². The number of methoxy groups -OCH3 is 1. The molecule has 2 saturated heterocycles. The third-order valence-electron chi connectivity index (χ3n) is 13.5. The van der Waals surface area contributed by atoms with E-state index >= 15 is 0 Å². The number of hydrogen-bond donors (Lipinski definition) is 5. The van der Waals surface area contributed by atoms with Crippen molar-refractivity contribution in [2.45, 2.75) is 58.1 Å². The van der Waals surface area contributed by atoms with Gasteiger partial charge in [0, 0.05) is 125 Å². The van der Waals surface area contributed by atoms with Crippen molar-refractivity contribution in [3.05, 3.63) is 75.9 Å². The highest BCUT2D eigenvalue weighted by Crippen LogP contribution is 2.47. The highest BCUT2D eigenvalue weighted by atomic mass is 35.5. The van der Waals surface area contributed by atoms with Gasteiger partial charge >= 0.3 is 5.97 Å². The second-order valence-electron chi connectivity index (χ2n) is 19.4. The predicted octanol–water partition coefficient (Wildman–Crippen LogP) is 4.59. The Morgan fingerprint density at radius 2 is 1.37 bits per heavy atom. The van der Waals surface area contributed by atoms with E-state index in [0.29, 0.717) is 141 Å². The number of unbranched alkanes of at least 4 members (excludes halogenated alkanes) is 3. The SMILES string of the molecule is CO.CO.COc1cc2c(cc1-c1cccc(NC(=O)CCCCCCNC(=O)CN3CCN(CC=O)CCN(CC=O)CCN(CC(=O)O)CC3)c1)-c1c(c(C(=O)N3CCOCC3(C)C)nn1-c1cc(Cl)cc(Cl)c1)CO2. The molecule has 4 heterocycles. The maximum absolute atomic E-state index is 14.4. The molecule has 0 radical (unpaired) electrons. The van der Waals surface area contributed by atoms with E-state index in [9.17, 15) is 33.9 Å². The number of rotatable bonds is 20. The molecule has 426 valence electrons. The van der Waals surface area contributed by atoms with E-state index in [1.54, 1.807) is 34.9 Å². The number of amides is 3. The Kier molecular flexibility index (Phi) is 25.4. The minimum Gasteiger partial charge on any atom is -0.496 e. The van der Waals surface area contributed by atoms with Gasteiger partial charge < -0.3 is 54.7 Å². The zero-order valence-electron chi connectivity index (χ0n) is 45.3. The average molecular weight is 1130 g/mol. The van der Waals surface area contributed by atoms with Gasteiger partial charge in [0.1, 0.15) is 30.7 Å². The molecule has 23 heteroatoms. The van der Waals surface area contributed by atoms with Gasteiger partial charge in [0.15, 0.2) is 5.69 Å². The van der Waals surface area contributed by atoms with Gasteiger partial charge in [-0.3, -0.25) is 38.8 Å². The Balaban J connectivity index is 0.00000274. The second-order valence-corrected chi connectivity index (χ2v) is 20.3. The lowest BCUT2D eigenvalue weighted by Gasteiger charge is -2.41. The van der Waals surface area contributed by atoms with Crippen molar-refractivity contribution < 1.29 is 58.3 Å². The van der Waals surface area contributed by atoms with E-state index < -0.39 is 11.5 Å². The molecular formula is C55H75Cl2N9O12. The molecule has 2 fully saturated rings. The third-order valence-corrected chi connectivity index (χ3v) is 14.0. The van der Waals surface area contributed by atoms with E-state index in [2.05, 4.69) is 10.6 Å². The Morgan fingerprint density at radius 1 is 0.756 bits per heavy atom. The van der Waals surface area contributed by atoms with Crippen molar-refractivity contribution in [1.82, 2.24) is 39.6 Å². The van der Waals surface area contributed by atoms with Gasteiger partial charge in [-0.25, -0.2) is 4.68 Å². The predicted molar refractivity (Wildman–Crippen MR) is 298 cm³/mol. The number of ether oxygens (including phenoxy) is 3. The van der Waals surface area contributed by atoms with Gasteiger partial charge in [0.25, 0.3) is 5.91 Å². The number of nitrogens with zero attached hydrogens (tertiary/aromatic N) is 7. The number of aliphatic hydroxyl groups excluding tert-OH is 2. The van der Waals surface area contributed by atoms with Gasteiger partial charge in [-0.2, -0.15) is 5.10 Å². The quantitative estimate of drug-likeness (QED) is 0.0600. The van der Waals surface area contributed by atoms with Gasteiger partial charge in [-0.05, 0) is 68.7 Å². The summed E-state index contributed by atoms with van der Waals surface area (Å²) in [5, 5.41) is 35.3. The lowest BCUT2D eigenvalue weighted by Crippen LogP contribution is -2.55. The summed E-state index contributed by atoms with van der Waals surface area (Å²) < 4.78 is 19.7. The monoisotopic (exact) mass is 1120 g/mol. The standard InChI is InChI=1S/C53H67Cl2N9O10.2CH4O/c1-53(2)36-73-26-23-63(53)52(71)50-44-35-74-46-32-45(72-3)42(31-43(46)51(44)64(58-50)41-29-38(54)28-39(55)30-41)37-9-8-10-40(27-37)57-47(67)11-6-4-5-7-12-56-48(68)33-61-17-15-59(21-24-65)13-14-60(22-25-66)16-18-62(20-19-61)34-49(69)70;2*1-2/h8-10,24-25,27-32H,4-7,11-23,26,33-36H2,1-3H3,(H,56,68)(H,57,67)(H,69,70);2*2H,1H3. The summed E-state index contributed by atoms with van der Waals surface area (Å²) in [5.74, 6) is -0.380. The molecule has 3 aliphatic heterocycles. The fourth-order valence-electron chi connectivity index (χ4n) is 9.56. The van der Waals surface area contributed by atoms with E-state index in [1.165, 1.54) is 0 Å². The normalized spacial score (nSPS) is 16.2. The lowest BCUT2D eigenvalue weighted by molar-refractivity contribution is -0.138. The number of nitrogens with one attached hydrogen (secondary N) is 2. The molecule has 0 saturated carbocycles. The number of carboxylic acid groups (broad SMARTS) is 1. The highest BCUT2D eigenvalue weighted by molar-refractivity contribution is 6.34. The van der Waals surface area contributed by atoms with Gasteiger partial charge in [-0.15, -0.1) is 0 Å². The van der Waals surface area contributed by atoms with Gasteiger partial charge in [0.05, 0.1) is 63.4 Å². The number of aliphatic hydroxyl groups is 2. The molecule has 1 aromatic heterocycles. The van der Waals surface area contributed by atoms with Crippen LogP contribution in [0.2, 0.25) is 10.0 Å². The number of halogens is 2. The van der Waals surface area contributed by atoms with E-state index in [1.807, 2.05) is 69.8 Å². The van der Waals surface area contributed by atoms with Crippen LogP contribution in [0, 0.1) is 0 Å². The molecule has 3 aliphatic rings. The number of hydrogen-bond acceptors (Lipinski definition) is 16. The van der Waals surface area contributed by atoms with Crippen molar-refractivity contribution in [2.75, 3.05) is 131 Å². The molecule has 3 aromatic carbocycles. The number of aromatic nitrogens is 2. The number of carbonyl (C=O) groups is 6. The van der Waals surface area contributed by atoms with Gasteiger partial charge in [0.2, 0.25) is 11.8 Å². The van der Waals surface area contributed by atoms with Crippen LogP contribution in [0.15, 0.2) is 54.6 Å². The minimum atomic E-state index is -0.945. The fourth-order valence-corrected chi connectivity index (χ4v) is 10.1. The van der Waals surface area contributed by atoms with Crippen LogP contribution in [0.1, 0.15) is 62.0 Å². The van der Waals surface area contributed by atoms with Crippen LogP contribution < -0.4 is 20.1 Å². The number of morpholine rings is 1. The van der Waals surface area contributed by atoms with Crippen LogP contribution in [-0.4, -0.2) is 218 Å². The van der Waals surface area contributed by atoms with Crippen LogP contribution in [-0.2, 0) is 35.3 Å². The lowest BCUT2D eigenvalue weighted by atomic mass is 9.95. The van der Waals surface area contributed by atoms with Crippen molar-refractivity contribution in [1.29, 1.82) is 0 Å². The molecule has 0 bridgehead atoms. The minimum absolute atomic E-state index is 0.0816. The summed E-state index contributed by atoms with van der Waals surface area (Å²) in [4.78, 5) is 84.6. The van der Waals surface area contributed by atoms with Crippen LogP contribution in [0.3, 0.4) is 0 Å². The molecular weight excluding hydrogens is 1050 g/mol. The number of carboxylic acids is 1. The molecule has 0 spiro atoms. The Hall–Kier alpha value is -6.01. The van der Waals surface area contributed by atoms with Crippen molar-refractivity contribution in [2.24, 2.45) is 0 Å². The first-order chi connectivity index (χ1) is 37.7. The first kappa shape index (κ1) is 62.8. The molecule has 5 N–H and O–H groups in total. The van der Waals surface area contributed by atoms with Crippen LogP contribution in [0.4, 0.5) is 5.69 Å². The second kappa shape index (κ2) is 31.5. The maximum atomic E-state index is 14.4. The van der Waals surface area contributed by atoms with Crippen molar-refractivity contribution in [3.8, 4) is 39.6 Å². The summed E-state index contributed by atoms with van der Waals surface area (Å²) in [6.45, 7) is 10.2.